The number of rotatable bonds is 7. The van der Waals surface area contributed by atoms with E-state index in [1.54, 1.807) is 0 Å². The normalized spacial score (nSPS) is 15.1. The number of nitrogens with one attached hydrogen (secondary N) is 1. The molecule has 1 aliphatic heterocycles. The SMILES string of the molecule is CC(C)c1nc(NCCN(C)C)cc(N2CCc3cc([C@@H](C)O)ccc3C2)n1. The first-order valence-electron chi connectivity index (χ1n) is 10.2. The van der Waals surface area contributed by atoms with Crippen LogP contribution >= 0.6 is 0 Å². The fourth-order valence-electron chi connectivity index (χ4n) is 3.40. The predicted octanol–water partition coefficient (Wildman–Crippen LogP) is 3.19. The molecule has 0 spiro atoms. The van der Waals surface area contributed by atoms with Crippen molar-refractivity contribution in [3.63, 3.8) is 0 Å². The lowest BCUT2D eigenvalue weighted by atomic mass is 9.96. The number of hydrogen-bond donors (Lipinski definition) is 2. The van der Waals surface area contributed by atoms with Crippen LogP contribution in [0.1, 0.15) is 55.3 Å². The van der Waals surface area contributed by atoms with Gasteiger partial charge in [-0.25, -0.2) is 9.97 Å². The summed E-state index contributed by atoms with van der Waals surface area (Å²) in [5.41, 5.74) is 3.63. The molecular weight excluding hydrogens is 350 g/mol. The van der Waals surface area contributed by atoms with Gasteiger partial charge in [0.1, 0.15) is 17.5 Å². The van der Waals surface area contributed by atoms with E-state index in [4.69, 9.17) is 9.97 Å². The molecule has 1 aromatic carbocycles. The van der Waals surface area contributed by atoms with Crippen molar-refractivity contribution >= 4 is 11.6 Å². The quantitative estimate of drug-likeness (QED) is 0.766. The van der Waals surface area contributed by atoms with Crippen LogP contribution in [0.15, 0.2) is 24.3 Å². The van der Waals surface area contributed by atoms with E-state index >= 15 is 0 Å². The van der Waals surface area contributed by atoms with Crippen LogP contribution in [-0.2, 0) is 13.0 Å². The topological polar surface area (TPSA) is 64.5 Å². The second-order valence-electron chi connectivity index (χ2n) is 8.23. The molecular formula is C22H33N5O. The zero-order valence-electron chi connectivity index (χ0n) is 17.7. The first-order chi connectivity index (χ1) is 13.3. The van der Waals surface area contributed by atoms with E-state index in [-0.39, 0.29) is 5.92 Å². The Hall–Kier alpha value is -2.18. The molecule has 1 atom stereocenters. The number of aliphatic hydroxyl groups is 1. The lowest BCUT2D eigenvalue weighted by molar-refractivity contribution is 0.199. The summed E-state index contributed by atoms with van der Waals surface area (Å²) in [5.74, 6) is 3.03. The third-order valence-corrected chi connectivity index (χ3v) is 5.16. The fourth-order valence-corrected chi connectivity index (χ4v) is 3.40. The van der Waals surface area contributed by atoms with Gasteiger partial charge in [0, 0.05) is 38.2 Å². The number of hydrogen-bond acceptors (Lipinski definition) is 6. The standard InChI is InChI=1S/C22H33N5O/c1-15(2)22-24-20(23-9-11-26(4)5)13-21(25-22)27-10-8-18-12-17(16(3)28)6-7-19(18)14-27/h6-7,12-13,15-16,28H,8-11,14H2,1-5H3,(H,23,24,25)/t16-/m1/s1. The molecule has 0 unspecified atom stereocenters. The second kappa shape index (κ2) is 8.88. The van der Waals surface area contributed by atoms with Crippen LogP contribution in [0.2, 0.25) is 0 Å². The van der Waals surface area contributed by atoms with E-state index in [0.29, 0.717) is 0 Å². The minimum absolute atomic E-state index is 0.278. The Morgan fingerprint density at radius 1 is 1.14 bits per heavy atom. The highest BCUT2D eigenvalue weighted by molar-refractivity contribution is 5.52. The number of likely N-dealkylation sites (N-methyl/N-ethyl adjacent to an activating group) is 1. The van der Waals surface area contributed by atoms with Crippen LogP contribution < -0.4 is 10.2 Å². The van der Waals surface area contributed by atoms with Gasteiger partial charge in [-0.3, -0.25) is 0 Å². The Balaban J connectivity index is 1.81. The Kier molecular flexibility index (Phi) is 6.52. The van der Waals surface area contributed by atoms with Crippen LogP contribution in [0.4, 0.5) is 11.6 Å². The minimum Gasteiger partial charge on any atom is -0.389 e. The number of anilines is 2. The smallest absolute Gasteiger partial charge is 0.135 e. The molecule has 1 aromatic heterocycles. The summed E-state index contributed by atoms with van der Waals surface area (Å²) in [6.45, 7) is 9.64. The van der Waals surface area contributed by atoms with Gasteiger partial charge in [-0.15, -0.1) is 0 Å². The van der Waals surface area contributed by atoms with Gasteiger partial charge in [0.05, 0.1) is 6.10 Å². The molecule has 0 aliphatic carbocycles. The first-order valence-corrected chi connectivity index (χ1v) is 10.2. The molecule has 6 nitrogen and oxygen atoms in total. The second-order valence-corrected chi connectivity index (χ2v) is 8.23. The number of aromatic nitrogens is 2. The van der Waals surface area contributed by atoms with Gasteiger partial charge in [0.25, 0.3) is 0 Å². The molecule has 0 bridgehead atoms. The van der Waals surface area contributed by atoms with Gasteiger partial charge >= 0.3 is 0 Å². The van der Waals surface area contributed by atoms with Crippen molar-refractivity contribution in [1.82, 2.24) is 14.9 Å². The maximum absolute atomic E-state index is 9.84. The molecule has 0 amide bonds. The first kappa shape index (κ1) is 20.6. The van der Waals surface area contributed by atoms with Crippen LogP contribution in [0.3, 0.4) is 0 Å². The minimum atomic E-state index is -0.422. The average Bonchev–Trinajstić information content (AvgIpc) is 2.66. The molecule has 0 saturated carbocycles. The van der Waals surface area contributed by atoms with Crippen molar-refractivity contribution in [2.45, 2.75) is 45.8 Å². The average molecular weight is 384 g/mol. The largest absolute Gasteiger partial charge is 0.389 e. The number of benzene rings is 1. The highest BCUT2D eigenvalue weighted by atomic mass is 16.3. The monoisotopic (exact) mass is 383 g/mol. The summed E-state index contributed by atoms with van der Waals surface area (Å²) in [6, 6.07) is 8.38. The van der Waals surface area contributed by atoms with Crippen molar-refractivity contribution in [3.05, 3.63) is 46.8 Å². The molecule has 1 aliphatic rings. The lowest BCUT2D eigenvalue weighted by Gasteiger charge is -2.31. The molecule has 2 aromatic rings. The molecule has 2 heterocycles. The van der Waals surface area contributed by atoms with Gasteiger partial charge in [-0.05, 0) is 44.1 Å². The summed E-state index contributed by atoms with van der Waals surface area (Å²) >= 11 is 0. The molecule has 3 rings (SSSR count). The maximum atomic E-state index is 9.84. The summed E-state index contributed by atoms with van der Waals surface area (Å²) < 4.78 is 0. The molecule has 0 radical (unpaired) electrons. The van der Waals surface area contributed by atoms with Gasteiger partial charge in [0.2, 0.25) is 0 Å². The molecule has 0 fully saturated rings. The Bertz CT molecular complexity index is 804. The summed E-state index contributed by atoms with van der Waals surface area (Å²) in [6.07, 6.45) is 0.537. The molecule has 6 heteroatoms. The number of nitrogens with zero attached hydrogens (tertiary/aromatic N) is 4. The zero-order chi connectivity index (χ0) is 20.3. The van der Waals surface area contributed by atoms with Gasteiger partial charge in [-0.2, -0.15) is 0 Å². The summed E-state index contributed by atoms with van der Waals surface area (Å²) in [5, 5.41) is 13.3. The molecule has 152 valence electrons. The van der Waals surface area contributed by atoms with Crippen molar-refractivity contribution in [2.24, 2.45) is 0 Å². The molecule has 0 saturated heterocycles. The highest BCUT2D eigenvalue weighted by Gasteiger charge is 2.20. The summed E-state index contributed by atoms with van der Waals surface area (Å²) in [7, 11) is 4.14. The van der Waals surface area contributed by atoms with E-state index in [0.717, 1.165) is 55.6 Å². The zero-order valence-corrected chi connectivity index (χ0v) is 17.7. The number of aliphatic hydroxyl groups excluding tert-OH is 1. The van der Waals surface area contributed by atoms with Crippen molar-refractivity contribution in [2.75, 3.05) is 43.9 Å². The van der Waals surface area contributed by atoms with Crippen LogP contribution in [-0.4, -0.2) is 53.7 Å². The van der Waals surface area contributed by atoms with Gasteiger partial charge in [-0.1, -0.05) is 32.0 Å². The van der Waals surface area contributed by atoms with Crippen molar-refractivity contribution < 1.29 is 5.11 Å². The van der Waals surface area contributed by atoms with Gasteiger partial charge < -0.3 is 20.2 Å². The van der Waals surface area contributed by atoms with E-state index in [2.05, 4.69) is 61.3 Å². The van der Waals surface area contributed by atoms with Crippen LogP contribution in [0, 0.1) is 0 Å². The molecule has 28 heavy (non-hydrogen) atoms. The Morgan fingerprint density at radius 2 is 1.93 bits per heavy atom. The van der Waals surface area contributed by atoms with Gasteiger partial charge in [0.15, 0.2) is 0 Å². The molecule has 2 N–H and O–H groups in total. The summed E-state index contributed by atoms with van der Waals surface area (Å²) in [4.78, 5) is 14.0. The van der Waals surface area contributed by atoms with E-state index in [1.165, 1.54) is 11.1 Å². The Morgan fingerprint density at radius 3 is 2.61 bits per heavy atom. The van der Waals surface area contributed by atoms with Crippen LogP contribution in [0.25, 0.3) is 0 Å². The van der Waals surface area contributed by atoms with E-state index in [1.807, 2.05) is 13.0 Å². The fraction of sp³-hybridized carbons (Fsp3) is 0.545. The maximum Gasteiger partial charge on any atom is 0.135 e. The Labute approximate surface area is 168 Å². The van der Waals surface area contributed by atoms with Crippen LogP contribution in [0.5, 0.6) is 0 Å². The third-order valence-electron chi connectivity index (χ3n) is 5.16. The van der Waals surface area contributed by atoms with Crippen molar-refractivity contribution in [1.29, 1.82) is 0 Å². The highest BCUT2D eigenvalue weighted by Crippen LogP contribution is 2.28. The van der Waals surface area contributed by atoms with E-state index in [9.17, 15) is 5.11 Å². The lowest BCUT2D eigenvalue weighted by Crippen LogP contribution is -2.31. The number of fused-ring (bicyclic) bond motifs is 1. The third kappa shape index (κ3) is 5.00. The van der Waals surface area contributed by atoms with E-state index < -0.39 is 6.10 Å². The van der Waals surface area contributed by atoms with Crippen molar-refractivity contribution in [3.8, 4) is 0 Å². The predicted molar refractivity (Wildman–Crippen MR) is 115 cm³/mol.